The highest BCUT2D eigenvalue weighted by atomic mass is 15.1. The second-order valence-corrected chi connectivity index (χ2v) is 5.33. The molecule has 1 aliphatic rings. The lowest BCUT2D eigenvalue weighted by Gasteiger charge is -2.35. The Morgan fingerprint density at radius 1 is 1.22 bits per heavy atom. The van der Waals surface area contributed by atoms with Crippen molar-refractivity contribution >= 4 is 0 Å². The van der Waals surface area contributed by atoms with Gasteiger partial charge in [0.05, 0.1) is 0 Å². The van der Waals surface area contributed by atoms with Crippen LogP contribution in [0.4, 0.5) is 0 Å². The van der Waals surface area contributed by atoms with Crippen molar-refractivity contribution in [3.8, 4) is 0 Å². The Morgan fingerprint density at radius 2 is 1.89 bits per heavy atom. The molecule has 0 bridgehead atoms. The summed E-state index contributed by atoms with van der Waals surface area (Å²) in [6.07, 6.45) is 9.04. The van der Waals surface area contributed by atoms with Gasteiger partial charge in [0, 0.05) is 31.0 Å². The van der Waals surface area contributed by atoms with Crippen molar-refractivity contribution in [1.29, 1.82) is 0 Å². The number of aromatic nitrogens is 1. The van der Waals surface area contributed by atoms with E-state index in [2.05, 4.69) is 41.3 Å². The zero-order valence-electron chi connectivity index (χ0n) is 11.6. The van der Waals surface area contributed by atoms with Gasteiger partial charge in [-0.05, 0) is 57.0 Å². The van der Waals surface area contributed by atoms with Crippen LogP contribution in [0.15, 0.2) is 24.5 Å². The standard InChI is InChI=1S/C15H25N3/c1-3-17-14-4-6-15(7-5-14)18(2)12-13-8-10-16-11-9-13/h8-11,14-15,17H,3-7,12H2,1-2H3. The second-order valence-electron chi connectivity index (χ2n) is 5.33. The molecule has 0 unspecified atom stereocenters. The molecule has 1 aromatic heterocycles. The molecular formula is C15H25N3. The predicted octanol–water partition coefficient (Wildman–Crippen LogP) is 2.43. The van der Waals surface area contributed by atoms with E-state index in [1.807, 2.05) is 12.4 Å². The molecule has 2 rings (SSSR count). The fourth-order valence-corrected chi connectivity index (χ4v) is 2.91. The van der Waals surface area contributed by atoms with Crippen LogP contribution in [0.3, 0.4) is 0 Å². The molecule has 1 heterocycles. The molecule has 1 saturated carbocycles. The Kier molecular flexibility index (Phi) is 5.14. The van der Waals surface area contributed by atoms with E-state index in [9.17, 15) is 0 Å². The summed E-state index contributed by atoms with van der Waals surface area (Å²) in [7, 11) is 2.25. The summed E-state index contributed by atoms with van der Waals surface area (Å²) in [5.41, 5.74) is 1.36. The van der Waals surface area contributed by atoms with E-state index in [1.54, 1.807) is 0 Å². The molecule has 18 heavy (non-hydrogen) atoms. The Balaban J connectivity index is 1.79. The van der Waals surface area contributed by atoms with Crippen LogP contribution in [0.5, 0.6) is 0 Å². The van der Waals surface area contributed by atoms with Gasteiger partial charge in [-0.1, -0.05) is 6.92 Å². The van der Waals surface area contributed by atoms with Crippen LogP contribution in [0.25, 0.3) is 0 Å². The quantitative estimate of drug-likeness (QED) is 0.866. The maximum Gasteiger partial charge on any atom is 0.0271 e. The van der Waals surface area contributed by atoms with Crippen LogP contribution in [0.2, 0.25) is 0 Å². The van der Waals surface area contributed by atoms with Gasteiger partial charge in [-0.3, -0.25) is 9.88 Å². The summed E-state index contributed by atoms with van der Waals surface area (Å²) < 4.78 is 0. The number of hydrogen-bond donors (Lipinski definition) is 1. The van der Waals surface area contributed by atoms with Crippen LogP contribution >= 0.6 is 0 Å². The zero-order valence-corrected chi connectivity index (χ0v) is 11.6. The molecule has 3 nitrogen and oxygen atoms in total. The first-order valence-corrected chi connectivity index (χ1v) is 7.12. The smallest absolute Gasteiger partial charge is 0.0271 e. The molecule has 1 aromatic rings. The van der Waals surface area contributed by atoms with Crippen LogP contribution in [0.1, 0.15) is 38.2 Å². The van der Waals surface area contributed by atoms with Gasteiger partial charge in [0.15, 0.2) is 0 Å². The molecule has 0 aliphatic heterocycles. The molecule has 0 aromatic carbocycles. The van der Waals surface area contributed by atoms with E-state index in [1.165, 1.54) is 31.2 Å². The van der Waals surface area contributed by atoms with Crippen molar-refractivity contribution in [3.05, 3.63) is 30.1 Å². The topological polar surface area (TPSA) is 28.2 Å². The molecule has 1 aliphatic carbocycles. The van der Waals surface area contributed by atoms with Crippen LogP contribution in [-0.2, 0) is 6.54 Å². The minimum Gasteiger partial charge on any atom is -0.314 e. The van der Waals surface area contributed by atoms with E-state index in [4.69, 9.17) is 0 Å². The number of hydrogen-bond acceptors (Lipinski definition) is 3. The number of rotatable bonds is 5. The highest BCUT2D eigenvalue weighted by molar-refractivity contribution is 5.09. The summed E-state index contributed by atoms with van der Waals surface area (Å²) in [6, 6.07) is 5.72. The third-order valence-electron chi connectivity index (χ3n) is 3.99. The average Bonchev–Trinajstić information content (AvgIpc) is 2.41. The Bertz CT molecular complexity index is 331. The minimum atomic E-state index is 0.744. The largest absolute Gasteiger partial charge is 0.314 e. The molecule has 0 atom stereocenters. The lowest BCUT2D eigenvalue weighted by atomic mass is 9.90. The summed E-state index contributed by atoms with van der Waals surface area (Å²) in [5.74, 6) is 0. The molecule has 3 heteroatoms. The van der Waals surface area contributed by atoms with Crippen molar-refractivity contribution in [2.24, 2.45) is 0 Å². The number of nitrogens with zero attached hydrogens (tertiary/aromatic N) is 2. The van der Waals surface area contributed by atoms with E-state index < -0.39 is 0 Å². The maximum atomic E-state index is 4.07. The average molecular weight is 247 g/mol. The van der Waals surface area contributed by atoms with Crippen molar-refractivity contribution < 1.29 is 0 Å². The first kappa shape index (κ1) is 13.5. The van der Waals surface area contributed by atoms with Crippen molar-refractivity contribution in [2.45, 2.75) is 51.2 Å². The Hall–Kier alpha value is -0.930. The normalized spacial score (nSPS) is 24.4. The summed E-state index contributed by atoms with van der Waals surface area (Å²) in [4.78, 5) is 6.57. The lowest BCUT2D eigenvalue weighted by Crippen LogP contribution is -2.40. The van der Waals surface area contributed by atoms with Crippen molar-refractivity contribution in [2.75, 3.05) is 13.6 Å². The zero-order chi connectivity index (χ0) is 12.8. The SMILES string of the molecule is CCNC1CCC(N(C)Cc2ccncc2)CC1. The van der Waals surface area contributed by atoms with E-state index >= 15 is 0 Å². The minimum absolute atomic E-state index is 0.744. The highest BCUT2D eigenvalue weighted by Crippen LogP contribution is 2.23. The fourth-order valence-electron chi connectivity index (χ4n) is 2.91. The van der Waals surface area contributed by atoms with Crippen LogP contribution < -0.4 is 5.32 Å². The molecular weight excluding hydrogens is 222 g/mol. The van der Waals surface area contributed by atoms with E-state index in [-0.39, 0.29) is 0 Å². The van der Waals surface area contributed by atoms with Gasteiger partial charge in [0.25, 0.3) is 0 Å². The molecule has 100 valence electrons. The van der Waals surface area contributed by atoms with E-state index in [0.717, 1.165) is 25.2 Å². The van der Waals surface area contributed by atoms with Gasteiger partial charge >= 0.3 is 0 Å². The van der Waals surface area contributed by atoms with Crippen molar-refractivity contribution in [1.82, 2.24) is 15.2 Å². The van der Waals surface area contributed by atoms with Crippen LogP contribution in [0, 0.1) is 0 Å². The van der Waals surface area contributed by atoms with Gasteiger partial charge in [-0.15, -0.1) is 0 Å². The van der Waals surface area contributed by atoms with Gasteiger partial charge in [-0.25, -0.2) is 0 Å². The molecule has 0 spiro atoms. The van der Waals surface area contributed by atoms with Gasteiger partial charge in [0.2, 0.25) is 0 Å². The summed E-state index contributed by atoms with van der Waals surface area (Å²) in [6.45, 7) is 4.34. The third-order valence-corrected chi connectivity index (χ3v) is 3.99. The third kappa shape index (κ3) is 3.79. The molecule has 0 radical (unpaired) electrons. The number of pyridine rings is 1. The highest BCUT2D eigenvalue weighted by Gasteiger charge is 2.23. The predicted molar refractivity (Wildman–Crippen MR) is 75.4 cm³/mol. The molecule has 1 fully saturated rings. The molecule has 0 amide bonds. The van der Waals surface area contributed by atoms with Gasteiger partial charge < -0.3 is 5.32 Å². The fraction of sp³-hybridized carbons (Fsp3) is 0.667. The first-order chi connectivity index (χ1) is 8.79. The summed E-state index contributed by atoms with van der Waals surface area (Å²) >= 11 is 0. The van der Waals surface area contributed by atoms with Gasteiger partial charge in [0.1, 0.15) is 0 Å². The maximum absolute atomic E-state index is 4.07. The van der Waals surface area contributed by atoms with E-state index in [0.29, 0.717) is 0 Å². The monoisotopic (exact) mass is 247 g/mol. The van der Waals surface area contributed by atoms with Crippen molar-refractivity contribution in [3.63, 3.8) is 0 Å². The first-order valence-electron chi connectivity index (χ1n) is 7.12. The Morgan fingerprint density at radius 3 is 2.50 bits per heavy atom. The lowest BCUT2D eigenvalue weighted by molar-refractivity contribution is 0.168. The van der Waals surface area contributed by atoms with Gasteiger partial charge in [-0.2, -0.15) is 0 Å². The molecule has 1 N–H and O–H groups in total. The summed E-state index contributed by atoms with van der Waals surface area (Å²) in [5, 5.41) is 3.57. The Labute approximate surface area is 111 Å². The molecule has 0 saturated heterocycles. The number of nitrogens with one attached hydrogen (secondary N) is 1. The second kappa shape index (κ2) is 6.86. The van der Waals surface area contributed by atoms with Crippen LogP contribution in [-0.4, -0.2) is 35.6 Å².